The zero-order valence-electron chi connectivity index (χ0n) is 11.7. The van der Waals surface area contributed by atoms with Crippen molar-refractivity contribution >= 4 is 0 Å². The van der Waals surface area contributed by atoms with Gasteiger partial charge in [0.25, 0.3) is 0 Å². The molecule has 0 spiro atoms. The van der Waals surface area contributed by atoms with Gasteiger partial charge >= 0.3 is 0 Å². The number of fused-ring (bicyclic) bond motifs is 1. The van der Waals surface area contributed by atoms with Crippen LogP contribution in [-0.4, -0.2) is 30.6 Å². The number of rotatable bonds is 4. The number of nitrogens with zero attached hydrogens (tertiary/aromatic N) is 1. The molecule has 2 N–H and O–H groups in total. The van der Waals surface area contributed by atoms with Gasteiger partial charge in [-0.2, -0.15) is 0 Å². The molecule has 1 saturated carbocycles. The summed E-state index contributed by atoms with van der Waals surface area (Å²) >= 11 is 0. The maximum absolute atomic E-state index is 6.28. The van der Waals surface area contributed by atoms with Gasteiger partial charge in [-0.1, -0.05) is 39.5 Å². The van der Waals surface area contributed by atoms with Crippen LogP contribution in [0.2, 0.25) is 0 Å². The highest BCUT2D eigenvalue weighted by Crippen LogP contribution is 2.36. The Kier molecular flexibility index (Phi) is 4.87. The van der Waals surface area contributed by atoms with E-state index in [0.717, 1.165) is 18.4 Å². The first kappa shape index (κ1) is 13.4. The van der Waals surface area contributed by atoms with Gasteiger partial charge in [0.05, 0.1) is 0 Å². The second-order valence-corrected chi connectivity index (χ2v) is 6.40. The first-order valence-corrected chi connectivity index (χ1v) is 7.68. The molecule has 0 radical (unpaired) electrons. The molecule has 0 aromatic carbocycles. The first-order valence-electron chi connectivity index (χ1n) is 7.68. The summed E-state index contributed by atoms with van der Waals surface area (Å²) in [6.07, 6.45) is 8.55. The number of nitrogens with two attached hydrogens (primary N) is 1. The number of hydrogen-bond donors (Lipinski definition) is 1. The Morgan fingerprint density at radius 3 is 2.59 bits per heavy atom. The smallest absolute Gasteiger partial charge is 0.0193 e. The van der Waals surface area contributed by atoms with Gasteiger partial charge in [0.1, 0.15) is 0 Å². The lowest BCUT2D eigenvalue weighted by molar-refractivity contribution is 0.0785. The molecule has 2 rings (SSSR count). The van der Waals surface area contributed by atoms with Crippen LogP contribution in [0.1, 0.15) is 52.4 Å². The van der Waals surface area contributed by atoms with Crippen molar-refractivity contribution in [2.45, 2.75) is 58.4 Å². The lowest BCUT2D eigenvalue weighted by Gasteiger charge is -2.42. The van der Waals surface area contributed by atoms with Crippen molar-refractivity contribution in [3.05, 3.63) is 0 Å². The molecule has 1 saturated heterocycles. The summed E-state index contributed by atoms with van der Waals surface area (Å²) in [6, 6.07) is 0.375. The van der Waals surface area contributed by atoms with Gasteiger partial charge in [0.2, 0.25) is 0 Å². The highest BCUT2D eigenvalue weighted by Gasteiger charge is 2.31. The third-order valence-electron chi connectivity index (χ3n) is 5.22. The van der Waals surface area contributed by atoms with Crippen LogP contribution in [0.25, 0.3) is 0 Å². The van der Waals surface area contributed by atoms with Crippen LogP contribution >= 0.6 is 0 Å². The predicted octanol–water partition coefficient (Wildman–Crippen LogP) is 2.87. The fourth-order valence-electron chi connectivity index (χ4n) is 3.62. The summed E-state index contributed by atoms with van der Waals surface area (Å²) in [5.74, 6) is 2.69. The second-order valence-electron chi connectivity index (χ2n) is 6.40. The van der Waals surface area contributed by atoms with E-state index in [-0.39, 0.29) is 0 Å². The molecule has 1 aliphatic carbocycles. The molecule has 0 amide bonds. The van der Waals surface area contributed by atoms with Crippen molar-refractivity contribution in [2.24, 2.45) is 23.5 Å². The van der Waals surface area contributed by atoms with Gasteiger partial charge in [0.15, 0.2) is 0 Å². The van der Waals surface area contributed by atoms with Crippen molar-refractivity contribution in [2.75, 3.05) is 19.6 Å². The Hall–Kier alpha value is -0.0800. The molecule has 17 heavy (non-hydrogen) atoms. The van der Waals surface area contributed by atoms with Crippen LogP contribution < -0.4 is 5.73 Å². The molecule has 2 aliphatic rings. The van der Waals surface area contributed by atoms with Crippen LogP contribution in [0.3, 0.4) is 0 Å². The van der Waals surface area contributed by atoms with E-state index < -0.39 is 0 Å². The largest absolute Gasteiger partial charge is 0.326 e. The molecule has 2 fully saturated rings. The number of likely N-dealkylation sites (tertiary alicyclic amines) is 1. The minimum atomic E-state index is 0.375. The Bertz CT molecular complexity index is 227. The summed E-state index contributed by atoms with van der Waals surface area (Å²) in [5.41, 5.74) is 6.28. The average molecular weight is 238 g/mol. The number of hydrogen-bond acceptors (Lipinski definition) is 2. The van der Waals surface area contributed by atoms with Gasteiger partial charge in [-0.15, -0.1) is 0 Å². The van der Waals surface area contributed by atoms with Crippen LogP contribution in [0, 0.1) is 17.8 Å². The van der Waals surface area contributed by atoms with E-state index in [1.165, 1.54) is 51.6 Å². The molecule has 0 bridgehead atoms. The second kappa shape index (κ2) is 6.19. The predicted molar refractivity (Wildman–Crippen MR) is 73.9 cm³/mol. The van der Waals surface area contributed by atoms with E-state index in [1.54, 1.807) is 0 Å². The highest BCUT2D eigenvalue weighted by molar-refractivity contribution is 4.85. The molecule has 2 nitrogen and oxygen atoms in total. The van der Waals surface area contributed by atoms with Crippen molar-refractivity contribution in [1.29, 1.82) is 0 Å². The van der Waals surface area contributed by atoms with E-state index >= 15 is 0 Å². The lowest BCUT2D eigenvalue weighted by atomic mass is 9.75. The molecular formula is C15H30N2. The highest BCUT2D eigenvalue weighted by atomic mass is 15.1. The Labute approximate surface area is 107 Å². The Morgan fingerprint density at radius 1 is 1.18 bits per heavy atom. The van der Waals surface area contributed by atoms with Crippen LogP contribution in [-0.2, 0) is 0 Å². The summed E-state index contributed by atoms with van der Waals surface area (Å²) in [7, 11) is 0. The van der Waals surface area contributed by atoms with Crippen LogP contribution in [0.4, 0.5) is 0 Å². The molecule has 1 aliphatic heterocycles. The summed E-state index contributed by atoms with van der Waals surface area (Å²) in [4.78, 5) is 2.64. The lowest BCUT2D eigenvalue weighted by Crippen LogP contribution is -2.48. The van der Waals surface area contributed by atoms with E-state index in [2.05, 4.69) is 18.7 Å². The molecule has 0 aromatic rings. The molecule has 2 heteroatoms. The molecule has 0 unspecified atom stereocenters. The normalized spacial score (nSPS) is 34.1. The minimum absolute atomic E-state index is 0.375. The molecule has 1 heterocycles. The van der Waals surface area contributed by atoms with Gasteiger partial charge in [-0.3, -0.25) is 0 Å². The van der Waals surface area contributed by atoms with E-state index in [9.17, 15) is 0 Å². The third kappa shape index (κ3) is 3.45. The van der Waals surface area contributed by atoms with E-state index in [4.69, 9.17) is 5.73 Å². The maximum Gasteiger partial charge on any atom is 0.0193 e. The third-order valence-corrected chi connectivity index (χ3v) is 5.22. The standard InChI is InChI=1S/C15H30N2/c1-3-12(2)15(16)11-17-9-8-13-6-4-5-7-14(13)10-17/h12-15H,3-11,16H2,1-2H3/t12-,13+,14-,15+/m0/s1. The SMILES string of the molecule is CC[C@H](C)[C@H](N)CN1CC[C@H]2CCCC[C@H]2C1. The van der Waals surface area contributed by atoms with Gasteiger partial charge in [-0.25, -0.2) is 0 Å². The summed E-state index contributed by atoms with van der Waals surface area (Å²) < 4.78 is 0. The summed E-state index contributed by atoms with van der Waals surface area (Å²) in [6.45, 7) is 8.29. The van der Waals surface area contributed by atoms with E-state index in [1.807, 2.05) is 0 Å². The molecule has 0 aromatic heterocycles. The summed E-state index contributed by atoms with van der Waals surface area (Å²) in [5, 5.41) is 0. The monoisotopic (exact) mass is 238 g/mol. The first-order chi connectivity index (χ1) is 8.20. The minimum Gasteiger partial charge on any atom is -0.326 e. The Morgan fingerprint density at radius 2 is 1.88 bits per heavy atom. The van der Waals surface area contributed by atoms with Crippen molar-refractivity contribution in [3.8, 4) is 0 Å². The van der Waals surface area contributed by atoms with Crippen LogP contribution in [0.5, 0.6) is 0 Å². The van der Waals surface area contributed by atoms with Gasteiger partial charge in [0, 0.05) is 19.1 Å². The zero-order valence-corrected chi connectivity index (χ0v) is 11.7. The molecule has 100 valence electrons. The maximum atomic E-state index is 6.28. The topological polar surface area (TPSA) is 29.3 Å². The van der Waals surface area contributed by atoms with Crippen molar-refractivity contribution in [1.82, 2.24) is 4.90 Å². The van der Waals surface area contributed by atoms with Gasteiger partial charge < -0.3 is 10.6 Å². The van der Waals surface area contributed by atoms with Crippen molar-refractivity contribution < 1.29 is 0 Å². The zero-order chi connectivity index (χ0) is 12.3. The fraction of sp³-hybridized carbons (Fsp3) is 1.00. The van der Waals surface area contributed by atoms with Crippen LogP contribution in [0.15, 0.2) is 0 Å². The Balaban J connectivity index is 1.79. The van der Waals surface area contributed by atoms with E-state index in [0.29, 0.717) is 12.0 Å². The molecule has 4 atom stereocenters. The number of piperidine rings is 1. The van der Waals surface area contributed by atoms with Crippen molar-refractivity contribution in [3.63, 3.8) is 0 Å². The van der Waals surface area contributed by atoms with Gasteiger partial charge in [-0.05, 0) is 37.1 Å². The fourth-order valence-corrected chi connectivity index (χ4v) is 3.62. The quantitative estimate of drug-likeness (QED) is 0.816. The molecular weight excluding hydrogens is 208 g/mol. The average Bonchev–Trinajstić information content (AvgIpc) is 2.37.